The van der Waals surface area contributed by atoms with Crippen LogP contribution >= 0.6 is 34.5 Å². The van der Waals surface area contributed by atoms with E-state index in [-0.39, 0.29) is 18.6 Å². The largest absolute Gasteiger partial charge is 0.489 e. The van der Waals surface area contributed by atoms with Gasteiger partial charge in [-0.25, -0.2) is 13.5 Å². The quantitative estimate of drug-likeness (QED) is 0.138. The Labute approximate surface area is 353 Å². The van der Waals surface area contributed by atoms with E-state index in [0.29, 0.717) is 75.4 Å². The summed E-state index contributed by atoms with van der Waals surface area (Å²) in [5, 5.41) is 14.0. The lowest BCUT2D eigenvalue weighted by atomic mass is 9.94. The van der Waals surface area contributed by atoms with Gasteiger partial charge in [0.2, 0.25) is 5.91 Å². The summed E-state index contributed by atoms with van der Waals surface area (Å²) in [5.41, 5.74) is 8.20. The first-order valence-electron chi connectivity index (χ1n) is 18.7. The Morgan fingerprint density at radius 2 is 1.64 bits per heavy atom. The Kier molecular flexibility index (Phi) is 11.8. The maximum Gasteiger partial charge on any atom is 0.238 e. The molecule has 0 bridgehead atoms. The van der Waals surface area contributed by atoms with Crippen molar-refractivity contribution >= 4 is 51.4 Å². The van der Waals surface area contributed by atoms with Gasteiger partial charge in [0.15, 0.2) is 17.6 Å². The Balaban J connectivity index is 0.946. The third-order valence-electron chi connectivity index (χ3n) is 10.2. The van der Waals surface area contributed by atoms with E-state index in [9.17, 15) is 9.00 Å². The number of ether oxygens (including phenoxy) is 3. The fourth-order valence-corrected chi connectivity index (χ4v) is 10.2. The fourth-order valence-electron chi connectivity index (χ4n) is 7.09. The van der Waals surface area contributed by atoms with E-state index in [0.717, 1.165) is 44.0 Å². The summed E-state index contributed by atoms with van der Waals surface area (Å²) >= 11 is 13.6. The van der Waals surface area contributed by atoms with Crippen molar-refractivity contribution in [1.82, 2.24) is 14.6 Å². The molecular formula is C45H38Cl2N4O5S2. The van der Waals surface area contributed by atoms with Crippen LogP contribution in [-0.2, 0) is 41.8 Å². The zero-order chi connectivity index (χ0) is 40.3. The number of aromatic nitrogens is 1. The first-order chi connectivity index (χ1) is 28.1. The monoisotopic (exact) mass is 848 g/mol. The SMILES string of the molecule is Cc1nc(C)c(S(=O)N2Cc3cc4c(cc3CC2C(=O)NCCc2ccc(-c3ccc(C#N)cc3)cc2)OCC(c2ccc(OCc3ccc(Cl)c(Cl)c3)cc2)O4)s1. The molecule has 5 aromatic carbocycles. The standard InChI is InChI=1S/C45H38Cl2N4O5S2/c1-27-45(57-28(2)50-27)58(53)51-24-36-22-42-41(55-26-43(56-42)34-12-14-37(15-13-34)54-25-31-7-16-38(46)39(47)19-31)21-35(36)20-40(51)44(52)49-18-17-29-3-8-32(9-4-29)33-10-5-30(23-48)6-11-33/h3-16,19,21-22,40,43H,17-18,20,24-26H2,1-2H3,(H,49,52). The Bertz CT molecular complexity index is 2540. The van der Waals surface area contributed by atoms with Crippen molar-refractivity contribution in [2.45, 2.75) is 56.2 Å². The first-order valence-corrected chi connectivity index (χ1v) is 21.4. The highest BCUT2D eigenvalue weighted by atomic mass is 35.5. The zero-order valence-corrected chi connectivity index (χ0v) is 34.8. The smallest absolute Gasteiger partial charge is 0.238 e. The lowest BCUT2D eigenvalue weighted by Crippen LogP contribution is -2.51. The van der Waals surface area contributed by atoms with Crippen molar-refractivity contribution in [2.75, 3.05) is 13.2 Å². The molecule has 9 nitrogen and oxygen atoms in total. The van der Waals surface area contributed by atoms with E-state index in [1.165, 1.54) is 11.3 Å². The summed E-state index contributed by atoms with van der Waals surface area (Å²) in [5.74, 6) is 1.72. The molecule has 0 aliphatic carbocycles. The zero-order valence-electron chi connectivity index (χ0n) is 31.7. The molecule has 0 spiro atoms. The van der Waals surface area contributed by atoms with Crippen LogP contribution in [0.1, 0.15) is 50.2 Å². The van der Waals surface area contributed by atoms with E-state index in [1.54, 1.807) is 16.4 Å². The van der Waals surface area contributed by atoms with E-state index in [1.807, 2.05) is 105 Å². The highest BCUT2D eigenvalue weighted by molar-refractivity contribution is 7.85. The molecule has 0 radical (unpaired) electrons. The number of nitriles is 1. The van der Waals surface area contributed by atoms with Gasteiger partial charge in [0, 0.05) is 13.1 Å². The second-order valence-corrected chi connectivity index (χ2v) is 17.8. The molecule has 1 amide bonds. The Morgan fingerprint density at radius 3 is 2.33 bits per heavy atom. The fraction of sp³-hybridized carbons (Fsp3) is 0.222. The van der Waals surface area contributed by atoms with Gasteiger partial charge in [-0.3, -0.25) is 4.79 Å². The van der Waals surface area contributed by atoms with Crippen molar-refractivity contribution in [1.29, 1.82) is 5.26 Å². The number of hydrogen-bond donors (Lipinski definition) is 1. The second kappa shape index (κ2) is 17.3. The van der Waals surface area contributed by atoms with Crippen LogP contribution < -0.4 is 19.5 Å². The molecule has 294 valence electrons. The molecule has 3 atom stereocenters. The van der Waals surface area contributed by atoms with E-state index >= 15 is 0 Å². The average molecular weight is 850 g/mol. The average Bonchev–Trinajstić information content (AvgIpc) is 3.59. The highest BCUT2D eigenvalue weighted by Gasteiger charge is 2.38. The van der Waals surface area contributed by atoms with Crippen LogP contribution in [0.2, 0.25) is 10.0 Å². The summed E-state index contributed by atoms with van der Waals surface area (Å²) in [6, 6.07) is 34.2. The summed E-state index contributed by atoms with van der Waals surface area (Å²) < 4.78 is 35.4. The highest BCUT2D eigenvalue weighted by Crippen LogP contribution is 2.42. The number of rotatable bonds is 11. The topological polar surface area (TPSA) is 114 Å². The van der Waals surface area contributed by atoms with Gasteiger partial charge in [-0.15, -0.1) is 11.3 Å². The van der Waals surface area contributed by atoms with Gasteiger partial charge in [-0.2, -0.15) is 5.26 Å². The van der Waals surface area contributed by atoms with Gasteiger partial charge in [0.05, 0.1) is 32.4 Å². The van der Waals surface area contributed by atoms with Gasteiger partial charge in [-0.1, -0.05) is 77.8 Å². The number of amides is 1. The minimum absolute atomic E-state index is 0.188. The molecular weight excluding hydrogens is 812 g/mol. The maximum absolute atomic E-state index is 14.3. The number of aryl methyl sites for hydroxylation is 2. The number of benzene rings is 5. The molecule has 13 heteroatoms. The predicted molar refractivity (Wildman–Crippen MR) is 227 cm³/mol. The maximum atomic E-state index is 14.3. The van der Waals surface area contributed by atoms with Crippen LogP contribution in [0.15, 0.2) is 107 Å². The molecule has 3 unspecified atom stereocenters. The number of thiazole rings is 1. The Hall–Kier alpha value is -5.22. The van der Waals surface area contributed by atoms with Crippen molar-refractivity contribution < 1.29 is 23.2 Å². The summed E-state index contributed by atoms with van der Waals surface area (Å²) in [7, 11) is -1.63. The summed E-state index contributed by atoms with van der Waals surface area (Å²) in [6.45, 7) is 5.11. The van der Waals surface area contributed by atoms with Gasteiger partial charge in [0.1, 0.15) is 40.2 Å². The molecule has 6 aromatic rings. The molecule has 2 aliphatic rings. The third-order valence-corrected chi connectivity index (χ3v) is 13.9. The number of nitrogens with one attached hydrogen (secondary N) is 1. The second-order valence-electron chi connectivity index (χ2n) is 14.2. The molecule has 0 saturated carbocycles. The molecule has 0 fully saturated rings. The molecule has 1 N–H and O–H groups in total. The van der Waals surface area contributed by atoms with Crippen molar-refractivity contribution in [2.24, 2.45) is 0 Å². The van der Waals surface area contributed by atoms with Crippen molar-refractivity contribution in [3.8, 4) is 34.4 Å². The van der Waals surface area contributed by atoms with Gasteiger partial charge in [-0.05, 0) is 114 Å². The predicted octanol–water partition coefficient (Wildman–Crippen LogP) is 9.51. The van der Waals surface area contributed by atoms with Crippen molar-refractivity contribution in [3.05, 3.63) is 157 Å². The molecule has 2 aliphatic heterocycles. The number of fused-ring (bicyclic) bond motifs is 2. The van der Waals surface area contributed by atoms with Crippen LogP contribution in [0.25, 0.3) is 11.1 Å². The van der Waals surface area contributed by atoms with Gasteiger partial charge < -0.3 is 19.5 Å². The van der Waals surface area contributed by atoms with Crippen LogP contribution in [0, 0.1) is 25.2 Å². The van der Waals surface area contributed by atoms with Crippen LogP contribution in [0.5, 0.6) is 17.2 Å². The molecule has 58 heavy (non-hydrogen) atoms. The van der Waals surface area contributed by atoms with Crippen molar-refractivity contribution in [3.63, 3.8) is 0 Å². The number of nitrogens with zero attached hydrogens (tertiary/aromatic N) is 3. The minimum Gasteiger partial charge on any atom is -0.489 e. The van der Waals surface area contributed by atoms with Gasteiger partial charge in [0.25, 0.3) is 0 Å². The number of hydrogen-bond acceptors (Lipinski definition) is 8. The number of carbonyl (C=O) groups excluding carboxylic acids is 1. The van der Waals surface area contributed by atoms with E-state index < -0.39 is 17.0 Å². The van der Waals surface area contributed by atoms with Crippen LogP contribution in [-0.4, -0.2) is 38.6 Å². The molecule has 1 aromatic heterocycles. The Morgan fingerprint density at radius 1 is 0.931 bits per heavy atom. The van der Waals surface area contributed by atoms with Gasteiger partial charge >= 0.3 is 0 Å². The normalized spacial score (nSPS) is 16.5. The minimum atomic E-state index is -1.63. The number of halogens is 2. The first kappa shape index (κ1) is 39.6. The lowest BCUT2D eigenvalue weighted by molar-refractivity contribution is -0.125. The molecule has 0 saturated heterocycles. The molecule has 3 heterocycles. The van der Waals surface area contributed by atoms with Crippen LogP contribution in [0.4, 0.5) is 0 Å². The summed E-state index contributed by atoms with van der Waals surface area (Å²) in [4.78, 5) is 18.5. The summed E-state index contributed by atoms with van der Waals surface area (Å²) in [6.07, 6.45) is 0.636. The third kappa shape index (κ3) is 8.77. The van der Waals surface area contributed by atoms with E-state index in [2.05, 4.69) is 16.4 Å². The lowest BCUT2D eigenvalue weighted by Gasteiger charge is -2.36. The van der Waals surface area contributed by atoms with E-state index in [4.69, 9.17) is 42.7 Å². The van der Waals surface area contributed by atoms with Crippen LogP contribution in [0.3, 0.4) is 0 Å². The molecule has 8 rings (SSSR count). The number of carbonyl (C=O) groups is 1.